The summed E-state index contributed by atoms with van der Waals surface area (Å²) < 4.78 is 49.8. The van der Waals surface area contributed by atoms with E-state index in [4.69, 9.17) is 21.1 Å². The van der Waals surface area contributed by atoms with Crippen molar-refractivity contribution in [2.24, 2.45) is 0 Å². The number of anilines is 3. The van der Waals surface area contributed by atoms with Crippen LogP contribution in [0, 0.1) is 0 Å². The number of pyridine rings is 3. The van der Waals surface area contributed by atoms with Crippen LogP contribution in [-0.4, -0.2) is 34.1 Å². The maximum atomic E-state index is 13.0. The van der Waals surface area contributed by atoms with E-state index in [0.717, 1.165) is 6.07 Å². The molecule has 4 rings (SSSR count). The van der Waals surface area contributed by atoms with Gasteiger partial charge in [-0.05, 0) is 30.3 Å². The molecule has 34 heavy (non-hydrogen) atoms. The van der Waals surface area contributed by atoms with Crippen molar-refractivity contribution < 1.29 is 27.4 Å². The SMILES string of the molecule is CCC1(c2cc(Cl)ncc2NC(=O)c2ccnc(Nc3ccc(C(F)(F)F)cn3)c2)OCCO1. The number of carbonyl (C=O) groups is 1. The monoisotopic (exact) mass is 493 g/mol. The Morgan fingerprint density at radius 2 is 1.85 bits per heavy atom. The first-order valence-corrected chi connectivity index (χ1v) is 10.6. The predicted molar refractivity (Wildman–Crippen MR) is 118 cm³/mol. The number of halogens is 4. The van der Waals surface area contributed by atoms with Crippen molar-refractivity contribution in [3.05, 3.63) is 70.8 Å². The van der Waals surface area contributed by atoms with Gasteiger partial charge >= 0.3 is 6.18 Å². The van der Waals surface area contributed by atoms with Gasteiger partial charge in [0.25, 0.3) is 5.91 Å². The second-order valence-electron chi connectivity index (χ2n) is 7.29. The van der Waals surface area contributed by atoms with Crippen LogP contribution in [0.3, 0.4) is 0 Å². The molecule has 3 aromatic rings. The van der Waals surface area contributed by atoms with E-state index in [-0.39, 0.29) is 22.4 Å². The molecule has 1 fully saturated rings. The molecule has 0 unspecified atom stereocenters. The molecule has 0 aliphatic carbocycles. The molecule has 12 heteroatoms. The smallest absolute Gasteiger partial charge is 0.343 e. The zero-order chi connectivity index (χ0) is 24.3. The molecule has 8 nitrogen and oxygen atoms in total. The zero-order valence-electron chi connectivity index (χ0n) is 17.8. The first-order chi connectivity index (χ1) is 16.2. The molecule has 0 spiro atoms. The first kappa shape index (κ1) is 23.9. The molecule has 4 heterocycles. The van der Waals surface area contributed by atoms with Crippen LogP contribution >= 0.6 is 11.6 Å². The molecule has 1 amide bonds. The van der Waals surface area contributed by atoms with Gasteiger partial charge in [0.05, 0.1) is 30.7 Å². The summed E-state index contributed by atoms with van der Waals surface area (Å²) in [5.41, 5.74) is 0.284. The van der Waals surface area contributed by atoms with Gasteiger partial charge in [0.1, 0.15) is 16.8 Å². The molecule has 1 aliphatic rings. The number of rotatable bonds is 6. The Balaban J connectivity index is 1.54. The maximum absolute atomic E-state index is 13.0. The fourth-order valence-electron chi connectivity index (χ4n) is 3.45. The summed E-state index contributed by atoms with van der Waals surface area (Å²) >= 11 is 6.08. The fourth-order valence-corrected chi connectivity index (χ4v) is 3.61. The van der Waals surface area contributed by atoms with Crippen LogP contribution in [0.1, 0.15) is 34.8 Å². The van der Waals surface area contributed by atoms with E-state index in [1.165, 1.54) is 30.6 Å². The Kier molecular flexibility index (Phi) is 6.69. The number of nitrogens with one attached hydrogen (secondary N) is 2. The Morgan fingerprint density at radius 3 is 2.50 bits per heavy atom. The summed E-state index contributed by atoms with van der Waals surface area (Å²) in [6.07, 6.45) is -0.476. The Hall–Kier alpha value is -3.28. The lowest BCUT2D eigenvalue weighted by atomic mass is 10.0. The number of ether oxygens (including phenoxy) is 2. The molecule has 0 radical (unpaired) electrons. The number of hydrogen-bond donors (Lipinski definition) is 2. The highest BCUT2D eigenvalue weighted by Crippen LogP contribution is 2.39. The summed E-state index contributed by atoms with van der Waals surface area (Å²) in [5.74, 6) is -1.15. The van der Waals surface area contributed by atoms with E-state index < -0.39 is 23.4 Å². The van der Waals surface area contributed by atoms with E-state index in [0.29, 0.717) is 37.1 Å². The van der Waals surface area contributed by atoms with Crippen LogP contribution in [0.25, 0.3) is 0 Å². The lowest BCUT2D eigenvalue weighted by Crippen LogP contribution is -2.28. The van der Waals surface area contributed by atoms with Gasteiger partial charge in [0, 0.05) is 29.9 Å². The van der Waals surface area contributed by atoms with Gasteiger partial charge in [-0.25, -0.2) is 15.0 Å². The minimum Gasteiger partial charge on any atom is -0.343 e. The van der Waals surface area contributed by atoms with E-state index in [1.807, 2.05) is 6.92 Å². The zero-order valence-corrected chi connectivity index (χ0v) is 18.6. The molecule has 3 aromatic heterocycles. The lowest BCUT2D eigenvalue weighted by Gasteiger charge is -2.28. The van der Waals surface area contributed by atoms with Gasteiger partial charge in [-0.3, -0.25) is 4.79 Å². The van der Waals surface area contributed by atoms with E-state index in [2.05, 4.69) is 25.6 Å². The summed E-state index contributed by atoms with van der Waals surface area (Å²) in [6, 6.07) is 6.59. The van der Waals surface area contributed by atoms with E-state index >= 15 is 0 Å². The summed E-state index contributed by atoms with van der Waals surface area (Å²) in [6.45, 7) is 2.69. The van der Waals surface area contributed by atoms with Crippen LogP contribution in [0.5, 0.6) is 0 Å². The third-order valence-corrected chi connectivity index (χ3v) is 5.32. The van der Waals surface area contributed by atoms with Gasteiger partial charge < -0.3 is 20.1 Å². The summed E-state index contributed by atoms with van der Waals surface area (Å²) in [5, 5.41) is 5.79. The average molecular weight is 494 g/mol. The second kappa shape index (κ2) is 9.53. The van der Waals surface area contributed by atoms with Gasteiger partial charge in [-0.2, -0.15) is 13.2 Å². The van der Waals surface area contributed by atoms with Crippen LogP contribution in [0.2, 0.25) is 5.15 Å². The van der Waals surface area contributed by atoms with Crippen molar-refractivity contribution in [2.75, 3.05) is 23.8 Å². The molecular weight excluding hydrogens is 475 g/mol. The number of carbonyl (C=O) groups excluding carboxylic acids is 1. The van der Waals surface area contributed by atoms with E-state index in [9.17, 15) is 18.0 Å². The molecule has 0 aromatic carbocycles. The lowest BCUT2D eigenvalue weighted by molar-refractivity contribution is -0.167. The van der Waals surface area contributed by atoms with Gasteiger partial charge in [-0.1, -0.05) is 18.5 Å². The number of hydrogen-bond acceptors (Lipinski definition) is 7. The maximum Gasteiger partial charge on any atom is 0.417 e. The van der Waals surface area contributed by atoms with Crippen molar-refractivity contribution in [3.63, 3.8) is 0 Å². The van der Waals surface area contributed by atoms with Crippen molar-refractivity contribution in [3.8, 4) is 0 Å². The standard InChI is InChI=1S/C22H19ClF3N5O3/c1-2-21(33-7-8-34-21)15-10-17(23)28-12-16(15)30-20(32)13-5-6-27-19(9-13)31-18-4-3-14(11-29-18)22(24,25)26/h3-6,9-12H,2,7-8H2,1H3,(H,30,32)(H,27,29,31). The minimum absolute atomic E-state index is 0.141. The molecule has 2 N–H and O–H groups in total. The van der Waals surface area contributed by atoms with Crippen molar-refractivity contribution >= 4 is 34.8 Å². The number of amides is 1. The van der Waals surface area contributed by atoms with Gasteiger partial charge in [0.15, 0.2) is 5.79 Å². The van der Waals surface area contributed by atoms with Crippen LogP contribution in [-0.2, 0) is 21.4 Å². The van der Waals surface area contributed by atoms with Crippen LogP contribution in [0.4, 0.5) is 30.5 Å². The topological polar surface area (TPSA) is 98.3 Å². The normalized spacial score (nSPS) is 15.2. The molecular formula is C22H19ClF3N5O3. The summed E-state index contributed by atoms with van der Waals surface area (Å²) in [4.78, 5) is 24.8. The Labute approximate surface area is 197 Å². The van der Waals surface area contributed by atoms with Gasteiger partial charge in [0.2, 0.25) is 0 Å². The third-order valence-electron chi connectivity index (χ3n) is 5.12. The highest BCUT2D eigenvalue weighted by molar-refractivity contribution is 6.29. The number of nitrogens with zero attached hydrogens (tertiary/aromatic N) is 3. The predicted octanol–water partition coefficient (Wildman–Crippen LogP) is 5.15. The molecule has 0 bridgehead atoms. The summed E-state index contributed by atoms with van der Waals surface area (Å²) in [7, 11) is 0. The molecule has 0 saturated carbocycles. The van der Waals surface area contributed by atoms with Crippen LogP contribution < -0.4 is 10.6 Å². The fraction of sp³-hybridized carbons (Fsp3) is 0.273. The third kappa shape index (κ3) is 5.11. The number of aromatic nitrogens is 3. The Morgan fingerprint density at radius 1 is 1.09 bits per heavy atom. The van der Waals surface area contributed by atoms with Crippen molar-refractivity contribution in [1.29, 1.82) is 0 Å². The first-order valence-electron chi connectivity index (χ1n) is 10.2. The van der Waals surface area contributed by atoms with Crippen LogP contribution in [0.15, 0.2) is 48.9 Å². The Bertz CT molecular complexity index is 1190. The van der Waals surface area contributed by atoms with E-state index in [1.54, 1.807) is 6.07 Å². The molecule has 1 saturated heterocycles. The average Bonchev–Trinajstić information content (AvgIpc) is 3.30. The molecule has 0 atom stereocenters. The largest absolute Gasteiger partial charge is 0.417 e. The quantitative estimate of drug-likeness (QED) is 0.458. The molecule has 1 aliphatic heterocycles. The highest BCUT2D eigenvalue weighted by atomic mass is 35.5. The second-order valence-corrected chi connectivity index (χ2v) is 7.68. The minimum atomic E-state index is -4.48. The number of alkyl halides is 3. The molecule has 178 valence electrons. The van der Waals surface area contributed by atoms with Crippen molar-refractivity contribution in [1.82, 2.24) is 15.0 Å². The van der Waals surface area contributed by atoms with Crippen molar-refractivity contribution in [2.45, 2.75) is 25.3 Å². The van der Waals surface area contributed by atoms with Gasteiger partial charge in [-0.15, -0.1) is 0 Å². The highest BCUT2D eigenvalue weighted by Gasteiger charge is 2.39.